The van der Waals surface area contributed by atoms with Gasteiger partial charge in [0.05, 0.1) is 5.69 Å². The van der Waals surface area contributed by atoms with Gasteiger partial charge in [-0.25, -0.2) is 0 Å². The number of hydrogen-bond acceptors (Lipinski definition) is 3. The minimum Gasteiger partial charge on any atom is -0.378 e. The van der Waals surface area contributed by atoms with Crippen molar-refractivity contribution in [2.45, 2.75) is 13.1 Å². The Morgan fingerprint density at radius 1 is 1.11 bits per heavy atom. The van der Waals surface area contributed by atoms with Gasteiger partial charge in [0.25, 0.3) is 0 Å². The molecule has 0 atom stereocenters. The molecule has 0 unspecified atom stereocenters. The van der Waals surface area contributed by atoms with Crippen LogP contribution in [0.4, 0.5) is 5.69 Å². The largest absolute Gasteiger partial charge is 0.378 e. The second-order valence-corrected chi connectivity index (χ2v) is 4.65. The van der Waals surface area contributed by atoms with Crippen LogP contribution in [0.15, 0.2) is 36.5 Å². The number of aromatic nitrogens is 2. The molecule has 1 aromatic heterocycles. The highest BCUT2D eigenvalue weighted by Crippen LogP contribution is 2.12. The van der Waals surface area contributed by atoms with E-state index in [1.807, 2.05) is 38.1 Å². The van der Waals surface area contributed by atoms with Gasteiger partial charge in [0.1, 0.15) is 0 Å². The van der Waals surface area contributed by atoms with E-state index < -0.39 is 0 Å². The number of rotatable bonds is 5. The molecule has 1 N–H and O–H groups in total. The Morgan fingerprint density at radius 2 is 1.83 bits per heavy atom. The quantitative estimate of drug-likeness (QED) is 0.870. The SMILES string of the molecule is CN(C)c1ccc(CNCc2ccn(C)n2)cc1. The molecule has 0 saturated carbocycles. The van der Waals surface area contributed by atoms with Gasteiger partial charge < -0.3 is 10.2 Å². The van der Waals surface area contributed by atoms with Gasteiger partial charge in [0, 0.05) is 46.1 Å². The van der Waals surface area contributed by atoms with Gasteiger partial charge in [-0.05, 0) is 23.8 Å². The molecule has 1 aromatic carbocycles. The lowest BCUT2D eigenvalue weighted by molar-refractivity contribution is 0.656. The van der Waals surface area contributed by atoms with E-state index in [0.29, 0.717) is 0 Å². The first kappa shape index (κ1) is 12.6. The predicted molar refractivity (Wildman–Crippen MR) is 74.5 cm³/mol. The number of nitrogens with zero attached hydrogens (tertiary/aromatic N) is 3. The molecule has 1 heterocycles. The summed E-state index contributed by atoms with van der Waals surface area (Å²) in [4.78, 5) is 2.10. The van der Waals surface area contributed by atoms with E-state index in [1.54, 1.807) is 0 Å². The molecule has 0 saturated heterocycles. The molecule has 4 nitrogen and oxygen atoms in total. The summed E-state index contributed by atoms with van der Waals surface area (Å²) in [5.41, 5.74) is 3.59. The Balaban J connectivity index is 1.83. The molecule has 96 valence electrons. The maximum Gasteiger partial charge on any atom is 0.0762 e. The molecule has 4 heteroatoms. The van der Waals surface area contributed by atoms with E-state index in [4.69, 9.17) is 0 Å². The highest BCUT2D eigenvalue weighted by Gasteiger charge is 1.98. The summed E-state index contributed by atoms with van der Waals surface area (Å²) in [6, 6.07) is 10.6. The number of anilines is 1. The smallest absolute Gasteiger partial charge is 0.0762 e. The van der Waals surface area contributed by atoms with Crippen LogP contribution in [0.5, 0.6) is 0 Å². The molecule has 0 spiro atoms. The van der Waals surface area contributed by atoms with Crippen molar-refractivity contribution < 1.29 is 0 Å². The molecule has 0 fully saturated rings. The van der Waals surface area contributed by atoms with Crippen molar-refractivity contribution in [3.8, 4) is 0 Å². The Kier molecular flexibility index (Phi) is 3.99. The summed E-state index contributed by atoms with van der Waals surface area (Å²) < 4.78 is 1.82. The van der Waals surface area contributed by atoms with Crippen LogP contribution in [0.1, 0.15) is 11.3 Å². The second kappa shape index (κ2) is 5.69. The fourth-order valence-electron chi connectivity index (χ4n) is 1.80. The fraction of sp³-hybridized carbons (Fsp3) is 0.357. The average Bonchev–Trinajstić information content (AvgIpc) is 2.76. The maximum absolute atomic E-state index is 4.33. The molecule has 0 bridgehead atoms. The van der Waals surface area contributed by atoms with E-state index in [1.165, 1.54) is 11.3 Å². The minimum absolute atomic E-state index is 0.802. The van der Waals surface area contributed by atoms with Crippen molar-refractivity contribution in [3.63, 3.8) is 0 Å². The molecule has 0 aliphatic carbocycles. The monoisotopic (exact) mass is 244 g/mol. The minimum atomic E-state index is 0.802. The number of nitrogens with one attached hydrogen (secondary N) is 1. The summed E-state index contributed by atoms with van der Waals surface area (Å²) >= 11 is 0. The summed E-state index contributed by atoms with van der Waals surface area (Å²) in [6.45, 7) is 1.67. The average molecular weight is 244 g/mol. The molecule has 2 aromatic rings. The Bertz CT molecular complexity index is 485. The molecule has 0 aliphatic rings. The van der Waals surface area contributed by atoms with Crippen LogP contribution in [0.3, 0.4) is 0 Å². The van der Waals surface area contributed by atoms with Crippen molar-refractivity contribution in [2.75, 3.05) is 19.0 Å². The Hall–Kier alpha value is -1.81. The molecule has 0 amide bonds. The normalized spacial score (nSPS) is 10.6. The zero-order valence-corrected chi connectivity index (χ0v) is 11.2. The van der Waals surface area contributed by atoms with Crippen molar-refractivity contribution in [1.82, 2.24) is 15.1 Å². The topological polar surface area (TPSA) is 33.1 Å². The molecule has 0 aliphatic heterocycles. The van der Waals surface area contributed by atoms with Crippen LogP contribution in [0, 0.1) is 0 Å². The van der Waals surface area contributed by atoms with E-state index in [0.717, 1.165) is 18.8 Å². The lowest BCUT2D eigenvalue weighted by atomic mass is 10.2. The first-order valence-electron chi connectivity index (χ1n) is 6.10. The summed E-state index contributed by atoms with van der Waals surface area (Å²) in [7, 11) is 6.03. The third-order valence-electron chi connectivity index (χ3n) is 2.86. The summed E-state index contributed by atoms with van der Waals surface area (Å²) in [5.74, 6) is 0. The second-order valence-electron chi connectivity index (χ2n) is 4.65. The zero-order valence-electron chi connectivity index (χ0n) is 11.2. The van der Waals surface area contributed by atoms with Crippen LogP contribution < -0.4 is 10.2 Å². The Morgan fingerprint density at radius 3 is 2.39 bits per heavy atom. The van der Waals surface area contributed by atoms with Gasteiger partial charge in [0.15, 0.2) is 0 Å². The van der Waals surface area contributed by atoms with Crippen LogP contribution in [-0.4, -0.2) is 23.9 Å². The van der Waals surface area contributed by atoms with Gasteiger partial charge in [-0.2, -0.15) is 5.10 Å². The van der Waals surface area contributed by atoms with Gasteiger partial charge in [-0.1, -0.05) is 12.1 Å². The number of hydrogen-bond donors (Lipinski definition) is 1. The molecule has 18 heavy (non-hydrogen) atoms. The van der Waals surface area contributed by atoms with Gasteiger partial charge >= 0.3 is 0 Å². The highest BCUT2D eigenvalue weighted by molar-refractivity contribution is 5.45. The first-order valence-corrected chi connectivity index (χ1v) is 6.10. The maximum atomic E-state index is 4.33. The predicted octanol–water partition coefficient (Wildman–Crippen LogP) is 1.78. The molecule has 2 rings (SSSR count). The van der Waals surface area contributed by atoms with Gasteiger partial charge in [-0.15, -0.1) is 0 Å². The standard InChI is InChI=1S/C14H20N4/c1-17(2)14-6-4-12(5-7-14)10-15-11-13-8-9-18(3)16-13/h4-9,15H,10-11H2,1-3H3. The number of aryl methyl sites for hydroxylation is 1. The molecular formula is C14H20N4. The van der Waals surface area contributed by atoms with Gasteiger partial charge in [-0.3, -0.25) is 4.68 Å². The molecule has 0 radical (unpaired) electrons. The number of benzene rings is 1. The third-order valence-corrected chi connectivity index (χ3v) is 2.86. The van der Waals surface area contributed by atoms with Gasteiger partial charge in [0.2, 0.25) is 0 Å². The van der Waals surface area contributed by atoms with Crippen molar-refractivity contribution >= 4 is 5.69 Å². The molecular weight excluding hydrogens is 224 g/mol. The highest BCUT2D eigenvalue weighted by atomic mass is 15.3. The third kappa shape index (κ3) is 3.34. The van der Waals surface area contributed by atoms with Crippen LogP contribution in [0.25, 0.3) is 0 Å². The van der Waals surface area contributed by atoms with Crippen LogP contribution in [-0.2, 0) is 20.1 Å². The van der Waals surface area contributed by atoms with Crippen molar-refractivity contribution in [1.29, 1.82) is 0 Å². The van der Waals surface area contributed by atoms with E-state index in [2.05, 4.69) is 39.6 Å². The fourth-order valence-corrected chi connectivity index (χ4v) is 1.80. The van der Waals surface area contributed by atoms with Crippen LogP contribution >= 0.6 is 0 Å². The van der Waals surface area contributed by atoms with E-state index >= 15 is 0 Å². The van der Waals surface area contributed by atoms with E-state index in [9.17, 15) is 0 Å². The lowest BCUT2D eigenvalue weighted by Gasteiger charge is -2.12. The summed E-state index contributed by atoms with van der Waals surface area (Å²) in [6.07, 6.45) is 1.96. The van der Waals surface area contributed by atoms with E-state index in [-0.39, 0.29) is 0 Å². The Labute approximate surface area is 108 Å². The lowest BCUT2D eigenvalue weighted by Crippen LogP contribution is -2.13. The summed E-state index contributed by atoms with van der Waals surface area (Å²) in [5, 5.41) is 7.72. The zero-order chi connectivity index (χ0) is 13.0. The first-order chi connectivity index (χ1) is 8.65. The van der Waals surface area contributed by atoms with Crippen LogP contribution in [0.2, 0.25) is 0 Å². The van der Waals surface area contributed by atoms with Crippen molar-refractivity contribution in [2.24, 2.45) is 7.05 Å². The van der Waals surface area contributed by atoms with Crippen molar-refractivity contribution in [3.05, 3.63) is 47.8 Å².